The van der Waals surface area contributed by atoms with E-state index in [1.165, 1.54) is 0 Å². The zero-order valence-corrected chi connectivity index (χ0v) is 13.4. The van der Waals surface area contributed by atoms with Crippen LogP contribution in [-0.4, -0.2) is 19.8 Å². The molecule has 1 saturated carbocycles. The highest BCUT2D eigenvalue weighted by atomic mass is 79.9. The van der Waals surface area contributed by atoms with Crippen molar-refractivity contribution in [1.29, 1.82) is 0 Å². The molecule has 0 aromatic heterocycles. The molecular weight excluding hydrogens is 333 g/mol. The molecule has 19 heavy (non-hydrogen) atoms. The fourth-order valence-corrected chi connectivity index (χ4v) is 2.88. The first kappa shape index (κ1) is 15.2. The maximum absolute atomic E-state index is 14.3. The molecule has 1 fully saturated rings. The van der Waals surface area contributed by atoms with E-state index in [0.29, 0.717) is 22.6 Å². The van der Waals surface area contributed by atoms with Crippen LogP contribution in [0, 0.1) is 11.7 Å². The van der Waals surface area contributed by atoms with Crippen LogP contribution in [0.3, 0.4) is 0 Å². The summed E-state index contributed by atoms with van der Waals surface area (Å²) in [5.74, 6) is 0.139. The van der Waals surface area contributed by atoms with Crippen molar-refractivity contribution in [3.8, 4) is 0 Å². The number of hydrogen-bond donors (Lipinski definition) is 1. The summed E-state index contributed by atoms with van der Waals surface area (Å²) in [5, 5.41) is 3.30. The van der Waals surface area contributed by atoms with E-state index in [1.807, 2.05) is 14.0 Å². The van der Waals surface area contributed by atoms with Crippen molar-refractivity contribution in [3.05, 3.63) is 33.0 Å². The summed E-state index contributed by atoms with van der Waals surface area (Å²) in [6.45, 7) is 2.60. The van der Waals surface area contributed by atoms with Crippen molar-refractivity contribution in [1.82, 2.24) is 5.32 Å². The lowest BCUT2D eigenvalue weighted by atomic mass is 9.97. The molecule has 0 aliphatic heterocycles. The Morgan fingerprint density at radius 2 is 2.21 bits per heavy atom. The van der Waals surface area contributed by atoms with Gasteiger partial charge in [0, 0.05) is 16.6 Å². The van der Waals surface area contributed by atoms with Gasteiger partial charge in [-0.3, -0.25) is 0 Å². The topological polar surface area (TPSA) is 21.3 Å². The van der Waals surface area contributed by atoms with Crippen LogP contribution in [0.15, 0.2) is 16.6 Å². The molecule has 0 heterocycles. The average molecular weight is 351 g/mol. The fourth-order valence-electron chi connectivity index (χ4n) is 2.40. The molecule has 2 atom stereocenters. The van der Waals surface area contributed by atoms with E-state index in [9.17, 15) is 4.39 Å². The predicted molar refractivity (Wildman–Crippen MR) is 79.0 cm³/mol. The highest BCUT2D eigenvalue weighted by Gasteiger charge is 2.38. The maximum atomic E-state index is 14.3. The zero-order chi connectivity index (χ0) is 14.0. The second-order valence-electron chi connectivity index (χ2n) is 4.79. The minimum Gasteiger partial charge on any atom is -0.376 e. The van der Waals surface area contributed by atoms with Gasteiger partial charge >= 0.3 is 0 Å². The van der Waals surface area contributed by atoms with Crippen LogP contribution >= 0.6 is 27.5 Å². The Kier molecular flexibility index (Phi) is 5.23. The van der Waals surface area contributed by atoms with Gasteiger partial charge in [0.1, 0.15) is 5.82 Å². The van der Waals surface area contributed by atoms with Crippen LogP contribution in [0.1, 0.15) is 31.4 Å². The van der Waals surface area contributed by atoms with E-state index < -0.39 is 0 Å². The Labute approximate surface area is 126 Å². The van der Waals surface area contributed by atoms with E-state index in [-0.39, 0.29) is 23.0 Å². The van der Waals surface area contributed by atoms with Gasteiger partial charge in [0.25, 0.3) is 0 Å². The Morgan fingerprint density at radius 3 is 2.74 bits per heavy atom. The molecule has 2 nitrogen and oxygen atoms in total. The monoisotopic (exact) mass is 349 g/mol. The lowest BCUT2D eigenvalue weighted by molar-refractivity contribution is 0.0196. The quantitative estimate of drug-likeness (QED) is 0.772. The van der Waals surface area contributed by atoms with Gasteiger partial charge in [-0.05, 0) is 54.7 Å². The zero-order valence-electron chi connectivity index (χ0n) is 11.1. The third-order valence-corrected chi connectivity index (χ3v) is 4.74. The Morgan fingerprint density at radius 1 is 1.53 bits per heavy atom. The van der Waals surface area contributed by atoms with Gasteiger partial charge in [-0.1, -0.05) is 17.7 Å². The SMILES string of the molecule is CCOC(C1CC1)C(NC)c1ccc(Br)c(Cl)c1F. The number of ether oxygens (including phenoxy) is 1. The van der Waals surface area contributed by atoms with Crippen molar-refractivity contribution in [2.45, 2.75) is 31.9 Å². The summed E-state index contributed by atoms with van der Waals surface area (Å²) >= 11 is 9.21. The summed E-state index contributed by atoms with van der Waals surface area (Å²) in [7, 11) is 1.83. The second-order valence-corrected chi connectivity index (χ2v) is 6.02. The normalized spacial score (nSPS) is 18.4. The fraction of sp³-hybridized carbons (Fsp3) is 0.571. The summed E-state index contributed by atoms with van der Waals surface area (Å²) in [6, 6.07) is 3.38. The summed E-state index contributed by atoms with van der Waals surface area (Å²) in [4.78, 5) is 0. The van der Waals surface area contributed by atoms with Gasteiger partial charge < -0.3 is 10.1 Å². The average Bonchev–Trinajstić information content (AvgIpc) is 3.22. The Balaban J connectivity index is 2.32. The van der Waals surface area contributed by atoms with Crippen molar-refractivity contribution in [2.75, 3.05) is 13.7 Å². The highest BCUT2D eigenvalue weighted by molar-refractivity contribution is 9.10. The molecule has 1 aliphatic carbocycles. The molecule has 0 radical (unpaired) electrons. The molecule has 1 aromatic carbocycles. The number of benzene rings is 1. The van der Waals surface area contributed by atoms with E-state index in [2.05, 4.69) is 21.2 Å². The first-order chi connectivity index (χ1) is 9.10. The second kappa shape index (κ2) is 6.53. The predicted octanol–water partition coefficient (Wildman–Crippen LogP) is 4.32. The van der Waals surface area contributed by atoms with Gasteiger partial charge in [-0.25, -0.2) is 4.39 Å². The number of halogens is 3. The molecule has 1 N–H and O–H groups in total. The van der Waals surface area contributed by atoms with Crippen molar-refractivity contribution in [3.63, 3.8) is 0 Å². The van der Waals surface area contributed by atoms with Gasteiger partial charge in [0.05, 0.1) is 17.2 Å². The highest BCUT2D eigenvalue weighted by Crippen LogP contribution is 2.41. The summed E-state index contributed by atoms with van der Waals surface area (Å²) < 4.78 is 20.7. The van der Waals surface area contributed by atoms with Gasteiger partial charge in [-0.2, -0.15) is 0 Å². The lowest BCUT2D eigenvalue weighted by Gasteiger charge is -2.27. The molecule has 5 heteroatoms. The van der Waals surface area contributed by atoms with Crippen LogP contribution < -0.4 is 5.32 Å². The van der Waals surface area contributed by atoms with Crippen molar-refractivity contribution >= 4 is 27.5 Å². The van der Waals surface area contributed by atoms with E-state index >= 15 is 0 Å². The standard InChI is InChI=1S/C14H18BrClFNO/c1-3-19-14(8-4-5-8)13(18-2)9-6-7-10(15)11(16)12(9)17/h6-8,13-14,18H,3-5H2,1-2H3. The molecule has 1 aromatic rings. The minimum absolute atomic E-state index is 0.00161. The summed E-state index contributed by atoms with van der Waals surface area (Å²) in [6.07, 6.45) is 2.30. The van der Waals surface area contributed by atoms with Gasteiger partial charge in [0.15, 0.2) is 0 Å². The number of nitrogens with one attached hydrogen (secondary N) is 1. The van der Waals surface area contributed by atoms with Crippen LogP contribution in [-0.2, 0) is 4.74 Å². The molecule has 2 rings (SSSR count). The van der Waals surface area contributed by atoms with Crippen LogP contribution in [0.4, 0.5) is 4.39 Å². The Hall–Kier alpha value is -0.160. The number of rotatable bonds is 6. The molecule has 1 aliphatic rings. The molecule has 0 bridgehead atoms. The van der Waals surface area contributed by atoms with Crippen molar-refractivity contribution < 1.29 is 9.13 Å². The lowest BCUT2D eigenvalue weighted by Crippen LogP contribution is -2.34. The molecule has 106 valence electrons. The summed E-state index contributed by atoms with van der Waals surface area (Å²) in [5.41, 5.74) is 0.570. The molecule has 0 spiro atoms. The van der Waals surface area contributed by atoms with Crippen LogP contribution in [0.2, 0.25) is 5.02 Å². The number of hydrogen-bond acceptors (Lipinski definition) is 2. The molecular formula is C14H18BrClFNO. The maximum Gasteiger partial charge on any atom is 0.147 e. The molecule has 0 amide bonds. The largest absolute Gasteiger partial charge is 0.376 e. The van der Waals surface area contributed by atoms with E-state index in [0.717, 1.165) is 12.8 Å². The van der Waals surface area contributed by atoms with Gasteiger partial charge in [0.2, 0.25) is 0 Å². The van der Waals surface area contributed by atoms with E-state index in [1.54, 1.807) is 12.1 Å². The minimum atomic E-state index is -0.374. The van der Waals surface area contributed by atoms with E-state index in [4.69, 9.17) is 16.3 Å². The number of likely N-dealkylation sites (N-methyl/N-ethyl adjacent to an activating group) is 1. The Bertz CT molecular complexity index is 453. The first-order valence-electron chi connectivity index (χ1n) is 6.52. The van der Waals surface area contributed by atoms with Crippen LogP contribution in [0.25, 0.3) is 0 Å². The van der Waals surface area contributed by atoms with Crippen molar-refractivity contribution in [2.24, 2.45) is 5.92 Å². The third kappa shape index (κ3) is 3.30. The smallest absolute Gasteiger partial charge is 0.147 e. The third-order valence-electron chi connectivity index (χ3n) is 3.49. The first-order valence-corrected chi connectivity index (χ1v) is 7.69. The molecule has 2 unspecified atom stereocenters. The molecule has 0 saturated heterocycles. The van der Waals surface area contributed by atoms with Gasteiger partial charge in [-0.15, -0.1) is 0 Å². The van der Waals surface area contributed by atoms with Crippen LogP contribution in [0.5, 0.6) is 0 Å².